The lowest BCUT2D eigenvalue weighted by Gasteiger charge is -2.39. The Kier molecular flexibility index (Phi) is 6.18. The third-order valence-electron chi connectivity index (χ3n) is 7.18. The van der Waals surface area contributed by atoms with E-state index in [-0.39, 0.29) is 17.5 Å². The van der Waals surface area contributed by atoms with Gasteiger partial charge in [-0.15, -0.1) is 0 Å². The van der Waals surface area contributed by atoms with E-state index in [4.69, 9.17) is 0 Å². The van der Waals surface area contributed by atoms with E-state index in [0.29, 0.717) is 17.6 Å². The second-order valence-electron chi connectivity index (χ2n) is 9.29. The maximum absolute atomic E-state index is 13.3. The van der Waals surface area contributed by atoms with E-state index >= 15 is 0 Å². The first kappa shape index (κ1) is 24.2. The van der Waals surface area contributed by atoms with Crippen molar-refractivity contribution >= 4 is 22.6 Å². The van der Waals surface area contributed by atoms with Crippen molar-refractivity contribution in [2.24, 2.45) is 7.05 Å². The molecule has 3 aromatic heterocycles. The number of anilines is 1. The van der Waals surface area contributed by atoms with Gasteiger partial charge in [-0.05, 0) is 31.4 Å². The zero-order chi connectivity index (χ0) is 25.6. The molecule has 1 amide bonds. The third-order valence-corrected chi connectivity index (χ3v) is 7.18. The van der Waals surface area contributed by atoms with Crippen molar-refractivity contribution < 1.29 is 18.0 Å². The van der Waals surface area contributed by atoms with Gasteiger partial charge in [0.2, 0.25) is 0 Å². The molecule has 3 aromatic rings. The average Bonchev–Trinajstić information content (AvgIpc) is 3.49. The van der Waals surface area contributed by atoms with Crippen molar-refractivity contribution in [2.45, 2.75) is 37.4 Å². The molecule has 2 aliphatic rings. The Hall–Kier alpha value is -3.48. The van der Waals surface area contributed by atoms with Gasteiger partial charge in [-0.1, -0.05) is 0 Å². The number of fused-ring (bicyclic) bond motifs is 1. The minimum absolute atomic E-state index is 0.0316. The fourth-order valence-corrected chi connectivity index (χ4v) is 5.28. The number of rotatable bonds is 4. The molecule has 5 rings (SSSR count). The highest BCUT2D eigenvalue weighted by atomic mass is 19.4. The van der Waals surface area contributed by atoms with Crippen LogP contribution in [0.15, 0.2) is 23.1 Å². The Morgan fingerprint density at radius 1 is 1.17 bits per heavy atom. The lowest BCUT2D eigenvalue weighted by atomic mass is 10.1. The molecule has 0 bridgehead atoms. The molecule has 1 aliphatic heterocycles. The van der Waals surface area contributed by atoms with Crippen LogP contribution in [0, 0.1) is 0 Å². The number of H-pyrrole nitrogens is 1. The number of aromatic amines is 1. The minimum Gasteiger partial charge on any atom is -0.368 e. The van der Waals surface area contributed by atoms with Gasteiger partial charge >= 0.3 is 6.18 Å². The zero-order valence-electron chi connectivity index (χ0n) is 20.0. The smallest absolute Gasteiger partial charge is 0.368 e. The molecule has 1 saturated carbocycles. The zero-order valence-corrected chi connectivity index (χ0v) is 20.0. The SMILES string of the molecule is CNC(=O)c1ccc(N2CCN([C@@H]3CC[C@@H](c4nc5c(c(C(F)(F)F)nn5C)c(=O)[nH]4)C3)CC2)cn1. The van der Waals surface area contributed by atoms with Crippen molar-refractivity contribution in [1.29, 1.82) is 0 Å². The summed E-state index contributed by atoms with van der Waals surface area (Å²) in [6, 6.07) is 3.93. The first-order chi connectivity index (χ1) is 17.2. The highest BCUT2D eigenvalue weighted by Crippen LogP contribution is 2.37. The molecule has 2 N–H and O–H groups in total. The van der Waals surface area contributed by atoms with E-state index in [1.54, 1.807) is 19.3 Å². The summed E-state index contributed by atoms with van der Waals surface area (Å²) in [7, 11) is 2.94. The number of carbonyl (C=O) groups is 1. The van der Waals surface area contributed by atoms with Gasteiger partial charge in [0.15, 0.2) is 11.3 Å². The number of hydrogen-bond donors (Lipinski definition) is 2. The predicted octanol–water partition coefficient (Wildman–Crippen LogP) is 1.89. The van der Waals surface area contributed by atoms with Gasteiger partial charge in [-0.25, -0.2) is 14.6 Å². The van der Waals surface area contributed by atoms with E-state index in [2.05, 4.69) is 35.2 Å². The largest absolute Gasteiger partial charge is 0.436 e. The lowest BCUT2D eigenvalue weighted by Crippen LogP contribution is -2.49. The van der Waals surface area contributed by atoms with Crippen LogP contribution in [0.1, 0.15) is 47.2 Å². The quantitative estimate of drug-likeness (QED) is 0.558. The van der Waals surface area contributed by atoms with Crippen LogP contribution in [0.2, 0.25) is 0 Å². The number of halogens is 3. The van der Waals surface area contributed by atoms with Crippen LogP contribution in [0.3, 0.4) is 0 Å². The summed E-state index contributed by atoms with van der Waals surface area (Å²) in [4.78, 5) is 40.2. The Morgan fingerprint density at radius 2 is 1.92 bits per heavy atom. The molecule has 13 heteroatoms. The molecule has 2 atom stereocenters. The fourth-order valence-electron chi connectivity index (χ4n) is 5.28. The predicted molar refractivity (Wildman–Crippen MR) is 126 cm³/mol. The Labute approximate surface area is 204 Å². The molecule has 2 fully saturated rings. The third kappa shape index (κ3) is 4.43. The summed E-state index contributed by atoms with van der Waals surface area (Å²) in [5.41, 5.74) is -0.711. The summed E-state index contributed by atoms with van der Waals surface area (Å²) in [6.07, 6.45) is -0.506. The second-order valence-corrected chi connectivity index (χ2v) is 9.29. The van der Waals surface area contributed by atoms with Gasteiger partial charge in [0.25, 0.3) is 11.5 Å². The first-order valence-corrected chi connectivity index (χ1v) is 11.9. The molecule has 1 saturated heterocycles. The highest BCUT2D eigenvalue weighted by molar-refractivity contribution is 5.92. The molecular weight excluding hydrogens is 477 g/mol. The van der Waals surface area contributed by atoms with Crippen LogP contribution < -0.4 is 15.8 Å². The summed E-state index contributed by atoms with van der Waals surface area (Å²) >= 11 is 0. The summed E-state index contributed by atoms with van der Waals surface area (Å²) in [6.45, 7) is 3.35. The molecule has 0 aromatic carbocycles. The number of piperazine rings is 1. The van der Waals surface area contributed by atoms with Crippen LogP contribution in [-0.4, -0.2) is 74.8 Å². The standard InChI is InChI=1S/C23H27F3N8O2/c1-27-21(35)16-6-5-15(12-28-16)34-9-7-33(8-10-34)14-4-3-13(11-14)19-29-20-17(22(36)30-19)18(23(24,25)26)31-32(20)2/h5-6,12-14H,3-4,7-11H2,1-2H3,(H,27,35)(H,29,30,36)/t13-,14-/m1/s1. The normalized spacial score (nSPS) is 21.3. The number of nitrogens with zero attached hydrogens (tertiary/aromatic N) is 6. The van der Waals surface area contributed by atoms with Gasteiger partial charge in [0.1, 0.15) is 16.9 Å². The molecular formula is C23H27F3N8O2. The molecule has 0 radical (unpaired) electrons. The number of nitrogens with one attached hydrogen (secondary N) is 2. The van der Waals surface area contributed by atoms with Crippen molar-refractivity contribution in [2.75, 3.05) is 38.1 Å². The molecule has 1 aliphatic carbocycles. The van der Waals surface area contributed by atoms with E-state index < -0.39 is 22.8 Å². The molecule has 4 heterocycles. The number of carbonyl (C=O) groups excluding carboxylic acids is 1. The maximum Gasteiger partial charge on any atom is 0.436 e. The summed E-state index contributed by atoms with van der Waals surface area (Å²) in [5.74, 6) is 0.171. The lowest BCUT2D eigenvalue weighted by molar-refractivity contribution is -0.140. The molecule has 192 valence electrons. The van der Waals surface area contributed by atoms with E-state index in [1.165, 1.54) is 7.05 Å². The van der Waals surface area contributed by atoms with Crippen LogP contribution in [0.4, 0.5) is 18.9 Å². The number of aryl methyl sites for hydroxylation is 1. The van der Waals surface area contributed by atoms with E-state index in [9.17, 15) is 22.8 Å². The number of amides is 1. The molecule has 10 nitrogen and oxygen atoms in total. The van der Waals surface area contributed by atoms with Crippen molar-refractivity contribution in [1.82, 2.24) is 34.9 Å². The van der Waals surface area contributed by atoms with E-state index in [0.717, 1.165) is 55.8 Å². The van der Waals surface area contributed by atoms with Crippen molar-refractivity contribution in [3.8, 4) is 0 Å². The molecule has 0 unspecified atom stereocenters. The van der Waals surface area contributed by atoms with Crippen LogP contribution in [0.5, 0.6) is 0 Å². The maximum atomic E-state index is 13.3. The fraction of sp³-hybridized carbons (Fsp3) is 0.522. The Bertz CT molecular complexity index is 1330. The number of aromatic nitrogens is 5. The van der Waals surface area contributed by atoms with Crippen molar-refractivity contribution in [3.63, 3.8) is 0 Å². The number of alkyl halides is 3. The molecule has 36 heavy (non-hydrogen) atoms. The van der Waals surface area contributed by atoms with Crippen LogP contribution >= 0.6 is 0 Å². The monoisotopic (exact) mass is 504 g/mol. The van der Waals surface area contributed by atoms with Crippen molar-refractivity contribution in [3.05, 3.63) is 45.9 Å². The van der Waals surface area contributed by atoms with Gasteiger partial charge < -0.3 is 15.2 Å². The van der Waals surface area contributed by atoms with Gasteiger partial charge in [0, 0.05) is 52.2 Å². The van der Waals surface area contributed by atoms with Crippen LogP contribution in [0.25, 0.3) is 11.0 Å². The highest BCUT2D eigenvalue weighted by Gasteiger charge is 2.39. The topological polar surface area (TPSA) is 112 Å². The number of pyridine rings is 1. The van der Waals surface area contributed by atoms with Gasteiger partial charge in [-0.2, -0.15) is 18.3 Å². The minimum atomic E-state index is -4.72. The first-order valence-electron chi connectivity index (χ1n) is 11.9. The second kappa shape index (κ2) is 9.19. The average molecular weight is 505 g/mol. The van der Waals surface area contributed by atoms with Gasteiger partial charge in [0.05, 0.1) is 11.9 Å². The molecule has 0 spiro atoms. The Morgan fingerprint density at radius 3 is 2.56 bits per heavy atom. The summed E-state index contributed by atoms with van der Waals surface area (Å²) < 4.78 is 40.9. The summed E-state index contributed by atoms with van der Waals surface area (Å²) in [5, 5.41) is 5.54. The Balaban J connectivity index is 1.24. The number of hydrogen-bond acceptors (Lipinski definition) is 7. The van der Waals surface area contributed by atoms with Gasteiger partial charge in [-0.3, -0.25) is 14.5 Å². The van der Waals surface area contributed by atoms with E-state index in [1.807, 2.05) is 6.07 Å². The van der Waals surface area contributed by atoms with Crippen LogP contribution in [-0.2, 0) is 13.2 Å².